The van der Waals surface area contributed by atoms with Crippen LogP contribution in [0, 0.1) is 0 Å². The molecule has 1 fully saturated rings. The van der Waals surface area contributed by atoms with Crippen LogP contribution in [0.15, 0.2) is 0 Å². The Labute approximate surface area is 65.6 Å². The number of piperazine rings is 1. The SMILES string of the molecule is CCN1CCNC(C(F)F)C1. The van der Waals surface area contributed by atoms with Crippen LogP contribution in [0.2, 0.25) is 0 Å². The average molecular weight is 164 g/mol. The van der Waals surface area contributed by atoms with E-state index in [2.05, 4.69) is 5.32 Å². The van der Waals surface area contributed by atoms with Gasteiger partial charge in [-0.3, -0.25) is 0 Å². The summed E-state index contributed by atoms with van der Waals surface area (Å²) >= 11 is 0. The number of alkyl halides is 2. The highest BCUT2D eigenvalue weighted by Gasteiger charge is 2.25. The van der Waals surface area contributed by atoms with E-state index in [0.717, 1.165) is 13.1 Å². The molecule has 1 rings (SSSR count). The first-order chi connectivity index (χ1) is 5.24. The summed E-state index contributed by atoms with van der Waals surface area (Å²) in [7, 11) is 0. The number of halogens is 2. The zero-order valence-electron chi connectivity index (χ0n) is 6.69. The molecule has 0 bridgehead atoms. The topological polar surface area (TPSA) is 15.3 Å². The van der Waals surface area contributed by atoms with Crippen molar-refractivity contribution in [2.24, 2.45) is 0 Å². The normalized spacial score (nSPS) is 27.8. The van der Waals surface area contributed by atoms with Gasteiger partial charge in [0.1, 0.15) is 0 Å². The molecule has 0 aromatic heterocycles. The molecule has 66 valence electrons. The van der Waals surface area contributed by atoms with E-state index in [9.17, 15) is 8.78 Å². The first-order valence-corrected chi connectivity index (χ1v) is 3.98. The quantitative estimate of drug-likeness (QED) is 0.641. The molecule has 1 atom stereocenters. The second kappa shape index (κ2) is 3.97. The van der Waals surface area contributed by atoms with E-state index < -0.39 is 12.5 Å². The second-order valence-corrected chi connectivity index (χ2v) is 2.79. The molecule has 1 saturated heterocycles. The van der Waals surface area contributed by atoms with Crippen LogP contribution in [0.5, 0.6) is 0 Å². The van der Waals surface area contributed by atoms with E-state index in [-0.39, 0.29) is 0 Å². The fraction of sp³-hybridized carbons (Fsp3) is 1.00. The lowest BCUT2D eigenvalue weighted by Crippen LogP contribution is -2.53. The summed E-state index contributed by atoms with van der Waals surface area (Å²) in [5.74, 6) is 0. The Kier molecular flexibility index (Phi) is 3.20. The molecule has 1 heterocycles. The number of likely N-dealkylation sites (N-methyl/N-ethyl adjacent to an activating group) is 1. The Balaban J connectivity index is 2.33. The van der Waals surface area contributed by atoms with Crippen LogP contribution < -0.4 is 5.32 Å². The average Bonchev–Trinajstić information content (AvgIpc) is 2.05. The molecule has 1 aliphatic heterocycles. The molecule has 0 amide bonds. The summed E-state index contributed by atoms with van der Waals surface area (Å²) in [4.78, 5) is 2.04. The Morgan fingerprint density at radius 2 is 2.36 bits per heavy atom. The monoisotopic (exact) mass is 164 g/mol. The lowest BCUT2D eigenvalue weighted by molar-refractivity contribution is 0.0586. The summed E-state index contributed by atoms with van der Waals surface area (Å²) < 4.78 is 24.3. The highest BCUT2D eigenvalue weighted by molar-refractivity contribution is 4.79. The van der Waals surface area contributed by atoms with Gasteiger partial charge in [0.2, 0.25) is 0 Å². The largest absolute Gasteiger partial charge is 0.307 e. The zero-order chi connectivity index (χ0) is 8.27. The first-order valence-electron chi connectivity index (χ1n) is 3.98. The van der Waals surface area contributed by atoms with Crippen molar-refractivity contribution < 1.29 is 8.78 Å². The molecule has 11 heavy (non-hydrogen) atoms. The van der Waals surface area contributed by atoms with Gasteiger partial charge in [-0.05, 0) is 6.54 Å². The minimum absolute atomic E-state index is 0.480. The van der Waals surface area contributed by atoms with E-state index in [1.807, 2.05) is 11.8 Å². The molecule has 0 aromatic rings. The Morgan fingerprint density at radius 1 is 1.64 bits per heavy atom. The van der Waals surface area contributed by atoms with Crippen molar-refractivity contribution in [1.82, 2.24) is 10.2 Å². The van der Waals surface area contributed by atoms with Crippen molar-refractivity contribution >= 4 is 0 Å². The Morgan fingerprint density at radius 3 is 2.91 bits per heavy atom. The minimum Gasteiger partial charge on any atom is -0.307 e. The second-order valence-electron chi connectivity index (χ2n) is 2.79. The van der Waals surface area contributed by atoms with E-state index in [4.69, 9.17) is 0 Å². The number of nitrogens with one attached hydrogen (secondary N) is 1. The highest BCUT2D eigenvalue weighted by Crippen LogP contribution is 2.06. The van der Waals surface area contributed by atoms with E-state index in [1.54, 1.807) is 0 Å². The molecule has 2 nitrogen and oxygen atoms in total. The third-order valence-corrected chi connectivity index (χ3v) is 2.04. The summed E-state index contributed by atoms with van der Waals surface area (Å²) in [5.41, 5.74) is 0. The Bertz CT molecular complexity index is 119. The molecular formula is C7H14F2N2. The molecule has 0 radical (unpaired) electrons. The van der Waals surface area contributed by atoms with Gasteiger partial charge in [-0.2, -0.15) is 0 Å². The maximum absolute atomic E-state index is 12.1. The molecular weight excluding hydrogens is 150 g/mol. The number of hydrogen-bond donors (Lipinski definition) is 1. The van der Waals surface area contributed by atoms with Crippen LogP contribution in [0.4, 0.5) is 8.78 Å². The van der Waals surface area contributed by atoms with Crippen molar-refractivity contribution in [3.8, 4) is 0 Å². The number of nitrogens with zero attached hydrogens (tertiary/aromatic N) is 1. The predicted molar refractivity (Wildman–Crippen MR) is 39.9 cm³/mol. The van der Waals surface area contributed by atoms with Gasteiger partial charge in [0.05, 0.1) is 6.04 Å². The van der Waals surface area contributed by atoms with Gasteiger partial charge in [-0.25, -0.2) is 8.78 Å². The van der Waals surface area contributed by atoms with Crippen molar-refractivity contribution in [2.45, 2.75) is 19.4 Å². The lowest BCUT2D eigenvalue weighted by atomic mass is 10.2. The van der Waals surface area contributed by atoms with Crippen LogP contribution >= 0.6 is 0 Å². The summed E-state index contributed by atoms with van der Waals surface area (Å²) in [6.07, 6.45) is -2.23. The predicted octanol–water partition coefficient (Wildman–Crippen LogP) is 0.545. The van der Waals surface area contributed by atoms with Crippen molar-refractivity contribution in [3.05, 3.63) is 0 Å². The van der Waals surface area contributed by atoms with E-state index in [0.29, 0.717) is 13.1 Å². The van der Waals surface area contributed by atoms with Gasteiger partial charge >= 0.3 is 0 Å². The molecule has 0 saturated carbocycles. The third kappa shape index (κ3) is 2.38. The summed E-state index contributed by atoms with van der Waals surface area (Å²) in [5, 5.41) is 2.79. The maximum Gasteiger partial charge on any atom is 0.254 e. The maximum atomic E-state index is 12.1. The Hall–Kier alpha value is -0.220. The van der Waals surface area contributed by atoms with Crippen molar-refractivity contribution in [1.29, 1.82) is 0 Å². The van der Waals surface area contributed by atoms with Crippen LogP contribution in [0.25, 0.3) is 0 Å². The fourth-order valence-electron chi connectivity index (χ4n) is 1.30. The van der Waals surface area contributed by atoms with E-state index in [1.165, 1.54) is 0 Å². The van der Waals surface area contributed by atoms with Gasteiger partial charge in [-0.1, -0.05) is 6.92 Å². The minimum atomic E-state index is -2.23. The summed E-state index contributed by atoms with van der Waals surface area (Å²) in [6.45, 7) is 4.91. The molecule has 1 unspecified atom stereocenters. The number of hydrogen-bond acceptors (Lipinski definition) is 2. The molecule has 0 spiro atoms. The van der Waals surface area contributed by atoms with Gasteiger partial charge in [0, 0.05) is 19.6 Å². The van der Waals surface area contributed by atoms with Gasteiger partial charge in [-0.15, -0.1) is 0 Å². The number of rotatable bonds is 2. The lowest BCUT2D eigenvalue weighted by Gasteiger charge is -2.32. The molecule has 4 heteroatoms. The van der Waals surface area contributed by atoms with Gasteiger partial charge in [0.25, 0.3) is 6.43 Å². The molecule has 1 N–H and O–H groups in total. The highest BCUT2D eigenvalue weighted by atomic mass is 19.3. The van der Waals surface area contributed by atoms with Crippen LogP contribution in [-0.4, -0.2) is 43.5 Å². The van der Waals surface area contributed by atoms with Crippen molar-refractivity contribution in [3.63, 3.8) is 0 Å². The van der Waals surface area contributed by atoms with Crippen molar-refractivity contribution in [2.75, 3.05) is 26.2 Å². The zero-order valence-corrected chi connectivity index (χ0v) is 6.69. The van der Waals surface area contributed by atoms with E-state index >= 15 is 0 Å². The fourth-order valence-corrected chi connectivity index (χ4v) is 1.30. The molecule has 0 aromatic carbocycles. The van der Waals surface area contributed by atoms with Gasteiger partial charge in [0.15, 0.2) is 0 Å². The molecule has 0 aliphatic carbocycles. The van der Waals surface area contributed by atoms with Gasteiger partial charge < -0.3 is 10.2 Å². The van der Waals surface area contributed by atoms with Crippen LogP contribution in [-0.2, 0) is 0 Å². The smallest absolute Gasteiger partial charge is 0.254 e. The first kappa shape index (κ1) is 8.87. The summed E-state index contributed by atoms with van der Waals surface area (Å²) in [6, 6.07) is -0.622. The molecule has 1 aliphatic rings. The standard InChI is InChI=1S/C7H14F2N2/c1-2-11-4-3-10-6(5-11)7(8)9/h6-7,10H,2-5H2,1H3. The third-order valence-electron chi connectivity index (χ3n) is 2.04. The van der Waals surface area contributed by atoms with Crippen LogP contribution in [0.3, 0.4) is 0 Å². The van der Waals surface area contributed by atoms with Crippen LogP contribution in [0.1, 0.15) is 6.92 Å².